The Morgan fingerprint density at radius 3 is 2.21 bits per heavy atom. The van der Waals surface area contributed by atoms with E-state index in [-0.39, 0.29) is 16.5 Å². The molecular formula is C28H27F5. The molecule has 0 N–H and O–H groups in total. The van der Waals surface area contributed by atoms with Crippen molar-refractivity contribution in [3.8, 4) is 0 Å². The maximum absolute atomic E-state index is 15.1. The predicted molar refractivity (Wildman–Crippen MR) is 126 cm³/mol. The van der Waals surface area contributed by atoms with Crippen molar-refractivity contribution in [3.63, 3.8) is 0 Å². The molecule has 0 nitrogen and oxygen atoms in total. The van der Waals surface area contributed by atoms with Gasteiger partial charge in [-0.25, -0.2) is 22.0 Å². The molecule has 0 spiro atoms. The van der Waals surface area contributed by atoms with Gasteiger partial charge in [0.2, 0.25) is 0 Å². The fourth-order valence-corrected chi connectivity index (χ4v) is 3.83. The number of rotatable bonds is 9. The number of allylic oxidation sites excluding steroid dienone is 2. The van der Waals surface area contributed by atoms with Crippen molar-refractivity contribution in [2.45, 2.75) is 52.4 Å². The Kier molecular flexibility index (Phi) is 8.43. The van der Waals surface area contributed by atoms with E-state index in [1.807, 2.05) is 26.0 Å². The van der Waals surface area contributed by atoms with E-state index >= 15 is 4.39 Å². The molecule has 0 fully saturated rings. The summed E-state index contributed by atoms with van der Waals surface area (Å²) in [5.74, 6) is -6.56. The molecule has 0 unspecified atom stereocenters. The van der Waals surface area contributed by atoms with Crippen molar-refractivity contribution in [1.29, 1.82) is 0 Å². The van der Waals surface area contributed by atoms with Crippen LogP contribution in [0.3, 0.4) is 0 Å². The molecule has 3 aromatic rings. The molecule has 0 aliphatic heterocycles. The smallest absolute Gasteiger partial charge is 0.169 e. The highest BCUT2D eigenvalue weighted by atomic mass is 19.2. The summed E-state index contributed by atoms with van der Waals surface area (Å²) in [7, 11) is 0. The standard InChI is InChI=1S/C28H27F5/c1-3-5-7-9-18-11-13-19(14-12-18)24(29)27(32)22-16-15-20-17-21(10-8-6-4-2)25(30)28(33)23(20)26(22)31/h3,5,11-17H,4,6-10H2,1-2H3/b5-3+,27-24?. The molecule has 5 heteroatoms. The third-order valence-corrected chi connectivity index (χ3v) is 5.72. The van der Waals surface area contributed by atoms with E-state index in [1.54, 1.807) is 12.1 Å². The first kappa shape index (κ1) is 24.7. The molecule has 174 valence electrons. The summed E-state index contributed by atoms with van der Waals surface area (Å²) >= 11 is 0. The molecule has 0 bridgehead atoms. The van der Waals surface area contributed by atoms with Crippen molar-refractivity contribution in [2.24, 2.45) is 0 Å². The fraction of sp³-hybridized carbons (Fsp3) is 0.286. The van der Waals surface area contributed by atoms with Crippen molar-refractivity contribution < 1.29 is 22.0 Å². The highest BCUT2D eigenvalue weighted by Gasteiger charge is 2.22. The minimum atomic E-state index is -1.46. The Morgan fingerprint density at radius 1 is 0.818 bits per heavy atom. The number of hydrogen-bond donors (Lipinski definition) is 0. The molecular weight excluding hydrogens is 431 g/mol. The Bertz CT molecular complexity index is 1170. The van der Waals surface area contributed by atoms with Crippen molar-refractivity contribution in [3.05, 3.63) is 94.3 Å². The van der Waals surface area contributed by atoms with Gasteiger partial charge in [0, 0.05) is 11.1 Å². The van der Waals surface area contributed by atoms with Crippen LogP contribution in [0.5, 0.6) is 0 Å². The molecule has 0 saturated heterocycles. The lowest BCUT2D eigenvalue weighted by atomic mass is 9.98. The zero-order valence-electron chi connectivity index (χ0n) is 18.8. The van der Waals surface area contributed by atoms with Crippen LogP contribution in [0.4, 0.5) is 22.0 Å². The molecule has 0 heterocycles. The minimum absolute atomic E-state index is 0.0558. The van der Waals surface area contributed by atoms with Crippen LogP contribution in [0.25, 0.3) is 22.4 Å². The van der Waals surface area contributed by atoms with Crippen LogP contribution in [0.15, 0.2) is 54.6 Å². The third kappa shape index (κ3) is 5.52. The highest BCUT2D eigenvalue weighted by Crippen LogP contribution is 2.35. The second-order valence-electron chi connectivity index (χ2n) is 8.08. The van der Waals surface area contributed by atoms with E-state index < -0.39 is 40.1 Å². The Hall–Kier alpha value is -2.95. The quantitative estimate of drug-likeness (QED) is 0.130. The number of halogens is 5. The first-order chi connectivity index (χ1) is 15.9. The zero-order valence-corrected chi connectivity index (χ0v) is 18.8. The first-order valence-corrected chi connectivity index (χ1v) is 11.2. The summed E-state index contributed by atoms with van der Waals surface area (Å²) in [6.45, 7) is 3.92. The molecule has 3 rings (SSSR count). The average molecular weight is 459 g/mol. The number of aryl methyl sites for hydroxylation is 2. The molecule has 0 amide bonds. The first-order valence-electron chi connectivity index (χ1n) is 11.2. The summed E-state index contributed by atoms with van der Waals surface area (Å²) in [6.07, 6.45) is 8.30. The van der Waals surface area contributed by atoms with E-state index in [4.69, 9.17) is 0 Å². The van der Waals surface area contributed by atoms with E-state index in [2.05, 4.69) is 0 Å². The van der Waals surface area contributed by atoms with Gasteiger partial charge in [-0.05, 0) is 61.3 Å². The summed E-state index contributed by atoms with van der Waals surface area (Å²) in [6, 6.07) is 9.92. The Balaban J connectivity index is 1.97. The molecule has 3 aromatic carbocycles. The predicted octanol–water partition coefficient (Wildman–Crippen LogP) is 9.26. The second kappa shape index (κ2) is 11.3. The SMILES string of the molecule is C/C=C/CCc1ccc(C(F)=C(F)c2ccc3cc(CCCCC)c(F)c(F)c3c2F)cc1. The van der Waals surface area contributed by atoms with Gasteiger partial charge in [-0.2, -0.15) is 0 Å². The van der Waals surface area contributed by atoms with Crippen LogP contribution in [0.1, 0.15) is 61.8 Å². The van der Waals surface area contributed by atoms with Gasteiger partial charge in [-0.1, -0.05) is 62.2 Å². The largest absolute Gasteiger partial charge is 0.205 e. The van der Waals surface area contributed by atoms with Gasteiger partial charge in [-0.15, -0.1) is 0 Å². The van der Waals surface area contributed by atoms with Crippen LogP contribution in [-0.2, 0) is 12.8 Å². The van der Waals surface area contributed by atoms with Gasteiger partial charge in [-0.3, -0.25) is 0 Å². The molecule has 33 heavy (non-hydrogen) atoms. The molecule has 0 atom stereocenters. The van der Waals surface area contributed by atoms with Gasteiger partial charge < -0.3 is 0 Å². The summed E-state index contributed by atoms with van der Waals surface area (Å²) < 4.78 is 74.0. The molecule has 0 radical (unpaired) electrons. The van der Waals surface area contributed by atoms with E-state index in [0.717, 1.165) is 37.3 Å². The van der Waals surface area contributed by atoms with Gasteiger partial charge in [0.05, 0.1) is 5.39 Å². The van der Waals surface area contributed by atoms with Gasteiger partial charge >= 0.3 is 0 Å². The monoisotopic (exact) mass is 458 g/mol. The summed E-state index contributed by atoms with van der Waals surface area (Å²) in [5.41, 5.74) is 0.306. The van der Waals surface area contributed by atoms with E-state index in [0.29, 0.717) is 12.8 Å². The number of unbranched alkanes of at least 4 members (excludes halogenated alkanes) is 2. The third-order valence-electron chi connectivity index (χ3n) is 5.72. The lowest BCUT2D eigenvalue weighted by molar-refractivity contribution is 0.499. The molecule has 0 aliphatic rings. The van der Waals surface area contributed by atoms with Crippen LogP contribution in [0.2, 0.25) is 0 Å². The second-order valence-corrected chi connectivity index (χ2v) is 8.08. The topological polar surface area (TPSA) is 0 Å². The van der Waals surface area contributed by atoms with Gasteiger partial charge in [0.15, 0.2) is 23.3 Å². The molecule has 0 saturated carbocycles. The Labute approximate surface area is 191 Å². The van der Waals surface area contributed by atoms with Crippen molar-refractivity contribution >= 4 is 22.4 Å². The van der Waals surface area contributed by atoms with Gasteiger partial charge in [0.25, 0.3) is 0 Å². The van der Waals surface area contributed by atoms with Crippen LogP contribution < -0.4 is 0 Å². The molecule has 0 aromatic heterocycles. The maximum atomic E-state index is 15.1. The van der Waals surface area contributed by atoms with Crippen LogP contribution in [-0.4, -0.2) is 0 Å². The average Bonchev–Trinajstić information content (AvgIpc) is 2.82. The number of fused-ring (bicyclic) bond motifs is 1. The normalized spacial score (nSPS) is 12.6. The van der Waals surface area contributed by atoms with E-state index in [1.165, 1.54) is 24.3 Å². The maximum Gasteiger partial charge on any atom is 0.169 e. The van der Waals surface area contributed by atoms with Crippen LogP contribution in [0, 0.1) is 17.5 Å². The minimum Gasteiger partial charge on any atom is -0.205 e. The Morgan fingerprint density at radius 2 is 1.55 bits per heavy atom. The zero-order chi connectivity index (χ0) is 24.0. The lowest BCUT2D eigenvalue weighted by Gasteiger charge is -2.11. The number of hydrogen-bond acceptors (Lipinski definition) is 0. The summed E-state index contributed by atoms with van der Waals surface area (Å²) in [4.78, 5) is 0. The summed E-state index contributed by atoms with van der Waals surface area (Å²) in [5, 5.41) is -0.563. The lowest BCUT2D eigenvalue weighted by Crippen LogP contribution is -2.00. The van der Waals surface area contributed by atoms with Crippen molar-refractivity contribution in [2.75, 3.05) is 0 Å². The van der Waals surface area contributed by atoms with Gasteiger partial charge in [0.1, 0.15) is 5.82 Å². The number of benzene rings is 3. The van der Waals surface area contributed by atoms with E-state index in [9.17, 15) is 17.6 Å². The van der Waals surface area contributed by atoms with Crippen LogP contribution >= 0.6 is 0 Å². The fourth-order valence-electron chi connectivity index (χ4n) is 3.83. The van der Waals surface area contributed by atoms with Crippen molar-refractivity contribution in [1.82, 2.24) is 0 Å². The molecule has 0 aliphatic carbocycles. The highest BCUT2D eigenvalue weighted by molar-refractivity contribution is 5.91.